The topological polar surface area (TPSA) is 20.2 Å². The van der Waals surface area contributed by atoms with E-state index in [1.165, 1.54) is 50.5 Å². The first kappa shape index (κ1) is 20.4. The van der Waals surface area contributed by atoms with E-state index >= 15 is 0 Å². The van der Waals surface area contributed by atoms with Crippen molar-refractivity contribution in [3.63, 3.8) is 0 Å². The molecule has 0 bridgehead atoms. The van der Waals surface area contributed by atoms with Crippen LogP contribution in [-0.4, -0.2) is 11.7 Å². The second-order valence-corrected chi connectivity index (χ2v) is 7.14. The van der Waals surface area contributed by atoms with Gasteiger partial charge in [0.1, 0.15) is 0 Å². The van der Waals surface area contributed by atoms with Gasteiger partial charge in [0.05, 0.1) is 6.61 Å². The lowest BCUT2D eigenvalue weighted by molar-refractivity contribution is 0.341. The van der Waals surface area contributed by atoms with Crippen LogP contribution in [0.15, 0.2) is 23.3 Å². The van der Waals surface area contributed by atoms with Gasteiger partial charge < -0.3 is 5.11 Å². The molecular weight excluding hydrogens is 256 g/mol. The molecule has 1 N–H and O–H groups in total. The van der Waals surface area contributed by atoms with Gasteiger partial charge in [-0.05, 0) is 64.2 Å². The Bertz CT molecular complexity index is 299. The summed E-state index contributed by atoms with van der Waals surface area (Å²) in [4.78, 5) is 0. The Morgan fingerprint density at radius 1 is 0.857 bits per heavy atom. The molecule has 0 heterocycles. The van der Waals surface area contributed by atoms with Crippen molar-refractivity contribution < 1.29 is 5.11 Å². The van der Waals surface area contributed by atoms with E-state index in [1.54, 1.807) is 5.57 Å². The van der Waals surface area contributed by atoms with Crippen molar-refractivity contribution in [2.24, 2.45) is 11.8 Å². The lowest BCUT2D eigenvalue weighted by atomic mass is 9.96. The van der Waals surface area contributed by atoms with E-state index in [0.717, 1.165) is 18.3 Å². The molecule has 0 aromatic rings. The Morgan fingerprint density at radius 2 is 1.43 bits per heavy atom. The number of hydrogen-bond acceptors (Lipinski definition) is 1. The number of aliphatic hydroxyl groups excluding tert-OH is 1. The highest BCUT2D eigenvalue weighted by atomic mass is 16.2. The summed E-state index contributed by atoms with van der Waals surface area (Å²) >= 11 is 0. The zero-order valence-electron chi connectivity index (χ0n) is 15.1. The lowest BCUT2D eigenvalue weighted by Gasteiger charge is -2.10. The highest BCUT2D eigenvalue weighted by Crippen LogP contribution is 2.18. The van der Waals surface area contributed by atoms with E-state index in [-0.39, 0.29) is 6.61 Å². The predicted molar refractivity (Wildman–Crippen MR) is 95.5 cm³/mol. The molecule has 0 saturated carbocycles. The molecule has 1 atom stereocenters. The number of aliphatic hydroxyl groups is 1. The van der Waals surface area contributed by atoms with Gasteiger partial charge in [0.15, 0.2) is 0 Å². The third kappa shape index (κ3) is 14.2. The zero-order chi connectivity index (χ0) is 16.1. The fourth-order valence-corrected chi connectivity index (χ4v) is 2.64. The maximum Gasteiger partial charge on any atom is 0.0614 e. The molecule has 0 spiro atoms. The van der Waals surface area contributed by atoms with Crippen LogP contribution in [0.4, 0.5) is 0 Å². The minimum atomic E-state index is 0.183. The van der Waals surface area contributed by atoms with Gasteiger partial charge in [-0.25, -0.2) is 0 Å². The van der Waals surface area contributed by atoms with Gasteiger partial charge in [0.25, 0.3) is 0 Å². The van der Waals surface area contributed by atoms with Crippen molar-refractivity contribution in [2.45, 2.75) is 86.0 Å². The Hall–Kier alpha value is -0.560. The summed E-state index contributed by atoms with van der Waals surface area (Å²) in [6, 6.07) is 0. The molecule has 0 radical (unpaired) electrons. The predicted octanol–water partition coefficient (Wildman–Crippen LogP) is 6.28. The van der Waals surface area contributed by atoms with Crippen LogP contribution in [0.5, 0.6) is 0 Å². The molecule has 0 amide bonds. The Balaban J connectivity index is 3.68. The molecule has 0 rings (SSSR count). The van der Waals surface area contributed by atoms with Crippen LogP contribution >= 0.6 is 0 Å². The molecule has 0 fully saturated rings. The highest BCUT2D eigenvalue weighted by molar-refractivity contribution is 4.98. The van der Waals surface area contributed by atoms with Crippen LogP contribution in [0.1, 0.15) is 86.0 Å². The second-order valence-electron chi connectivity index (χ2n) is 7.14. The SMILES string of the molecule is C/C(=C\CCC(C)CCC/C(C)=C/CO)CCCC(C)C. The van der Waals surface area contributed by atoms with Gasteiger partial charge in [-0.2, -0.15) is 0 Å². The molecule has 0 aromatic heterocycles. The average molecular weight is 295 g/mol. The summed E-state index contributed by atoms with van der Waals surface area (Å²) in [6.07, 6.45) is 14.6. The van der Waals surface area contributed by atoms with E-state index in [9.17, 15) is 0 Å². The third-order valence-electron chi connectivity index (χ3n) is 4.21. The molecule has 1 nitrogen and oxygen atoms in total. The lowest BCUT2D eigenvalue weighted by Crippen LogP contribution is -1.95. The molecule has 0 aliphatic heterocycles. The highest BCUT2D eigenvalue weighted by Gasteiger charge is 2.02. The van der Waals surface area contributed by atoms with E-state index in [1.807, 2.05) is 6.08 Å². The molecule has 1 unspecified atom stereocenters. The summed E-state index contributed by atoms with van der Waals surface area (Å²) in [7, 11) is 0. The van der Waals surface area contributed by atoms with Crippen molar-refractivity contribution in [2.75, 3.05) is 6.61 Å². The van der Waals surface area contributed by atoms with E-state index in [2.05, 4.69) is 40.7 Å². The Labute approximate surface area is 133 Å². The summed E-state index contributed by atoms with van der Waals surface area (Å²) in [5.41, 5.74) is 2.90. The minimum absolute atomic E-state index is 0.183. The average Bonchev–Trinajstić information content (AvgIpc) is 2.38. The molecule has 1 heteroatoms. The van der Waals surface area contributed by atoms with E-state index < -0.39 is 0 Å². The molecule has 124 valence electrons. The standard InChI is InChI=1S/C20H38O/c1-17(2)9-6-10-18(3)11-7-12-19(4)13-8-14-20(5)15-16-21/h11,15,17,19,21H,6-10,12-14,16H2,1-5H3/b18-11+,20-15+. The summed E-state index contributed by atoms with van der Waals surface area (Å²) in [6.45, 7) is 11.6. The summed E-state index contributed by atoms with van der Waals surface area (Å²) in [5.74, 6) is 1.65. The van der Waals surface area contributed by atoms with Crippen molar-refractivity contribution >= 4 is 0 Å². The third-order valence-corrected chi connectivity index (χ3v) is 4.21. The normalized spacial score (nSPS) is 14.8. The van der Waals surface area contributed by atoms with Crippen LogP contribution in [0.25, 0.3) is 0 Å². The largest absolute Gasteiger partial charge is 0.392 e. The monoisotopic (exact) mass is 294 g/mol. The van der Waals surface area contributed by atoms with Gasteiger partial charge in [0, 0.05) is 0 Å². The van der Waals surface area contributed by atoms with Gasteiger partial charge in [0.2, 0.25) is 0 Å². The van der Waals surface area contributed by atoms with Crippen LogP contribution in [-0.2, 0) is 0 Å². The smallest absolute Gasteiger partial charge is 0.0614 e. The van der Waals surface area contributed by atoms with Crippen molar-refractivity contribution in [1.82, 2.24) is 0 Å². The first-order valence-corrected chi connectivity index (χ1v) is 8.87. The zero-order valence-corrected chi connectivity index (χ0v) is 15.1. The number of hydrogen-bond donors (Lipinski definition) is 1. The van der Waals surface area contributed by atoms with Gasteiger partial charge in [-0.1, -0.05) is 56.9 Å². The molecule has 0 aliphatic carbocycles. The second kappa shape index (κ2) is 13.1. The van der Waals surface area contributed by atoms with Crippen LogP contribution < -0.4 is 0 Å². The number of allylic oxidation sites excluding steroid dienone is 3. The molecule has 0 saturated heterocycles. The molecule has 21 heavy (non-hydrogen) atoms. The quantitative estimate of drug-likeness (QED) is 0.420. The van der Waals surface area contributed by atoms with Gasteiger partial charge in [-0.15, -0.1) is 0 Å². The Kier molecular flexibility index (Phi) is 12.8. The molecular formula is C20H38O. The van der Waals surface area contributed by atoms with Gasteiger partial charge >= 0.3 is 0 Å². The van der Waals surface area contributed by atoms with E-state index in [0.29, 0.717) is 0 Å². The fourth-order valence-electron chi connectivity index (χ4n) is 2.64. The number of rotatable bonds is 12. The van der Waals surface area contributed by atoms with Crippen molar-refractivity contribution in [1.29, 1.82) is 0 Å². The van der Waals surface area contributed by atoms with Crippen LogP contribution in [0, 0.1) is 11.8 Å². The van der Waals surface area contributed by atoms with Crippen LogP contribution in [0.2, 0.25) is 0 Å². The summed E-state index contributed by atoms with van der Waals surface area (Å²) < 4.78 is 0. The van der Waals surface area contributed by atoms with Crippen molar-refractivity contribution in [3.8, 4) is 0 Å². The molecule has 0 aromatic carbocycles. The fraction of sp³-hybridized carbons (Fsp3) is 0.800. The van der Waals surface area contributed by atoms with Gasteiger partial charge in [-0.3, -0.25) is 0 Å². The first-order chi connectivity index (χ1) is 9.95. The van der Waals surface area contributed by atoms with Crippen LogP contribution in [0.3, 0.4) is 0 Å². The first-order valence-electron chi connectivity index (χ1n) is 8.87. The maximum absolute atomic E-state index is 8.82. The van der Waals surface area contributed by atoms with Crippen molar-refractivity contribution in [3.05, 3.63) is 23.3 Å². The summed E-state index contributed by atoms with van der Waals surface area (Å²) in [5, 5.41) is 8.82. The minimum Gasteiger partial charge on any atom is -0.392 e. The Morgan fingerprint density at radius 3 is 2.00 bits per heavy atom. The maximum atomic E-state index is 8.82. The van der Waals surface area contributed by atoms with E-state index in [4.69, 9.17) is 5.11 Å². The molecule has 0 aliphatic rings.